The van der Waals surface area contributed by atoms with Crippen LogP contribution in [0.1, 0.15) is 38.2 Å². The summed E-state index contributed by atoms with van der Waals surface area (Å²) in [5.41, 5.74) is 0.887. The molecule has 0 bridgehead atoms. The van der Waals surface area contributed by atoms with Gasteiger partial charge >= 0.3 is 0 Å². The van der Waals surface area contributed by atoms with Crippen molar-refractivity contribution in [2.45, 2.75) is 51.2 Å². The van der Waals surface area contributed by atoms with Gasteiger partial charge < -0.3 is 29.2 Å². The number of benzene rings is 2. The zero-order chi connectivity index (χ0) is 24.5. The zero-order valence-electron chi connectivity index (χ0n) is 20.3. The molecule has 8 nitrogen and oxygen atoms in total. The summed E-state index contributed by atoms with van der Waals surface area (Å²) in [6, 6.07) is 12.0. The van der Waals surface area contributed by atoms with Crippen molar-refractivity contribution >= 4 is 11.8 Å². The Balaban J connectivity index is 1.74. The molecule has 0 radical (unpaired) electrons. The number of amides is 2. The van der Waals surface area contributed by atoms with Crippen molar-refractivity contribution in [1.82, 2.24) is 10.2 Å². The molecule has 0 heterocycles. The maximum Gasteiger partial charge on any atom is 0.261 e. The Morgan fingerprint density at radius 2 is 1.47 bits per heavy atom. The van der Waals surface area contributed by atoms with E-state index >= 15 is 0 Å². The number of methoxy groups -OCH3 is 3. The van der Waals surface area contributed by atoms with Crippen LogP contribution in [-0.4, -0.2) is 56.7 Å². The maximum absolute atomic E-state index is 13.3. The van der Waals surface area contributed by atoms with E-state index in [0.29, 0.717) is 17.2 Å². The summed E-state index contributed by atoms with van der Waals surface area (Å²) in [6.45, 7) is 1.79. The zero-order valence-corrected chi connectivity index (χ0v) is 20.3. The number of hydrogen-bond donors (Lipinski definition) is 1. The quantitative estimate of drug-likeness (QED) is 0.540. The van der Waals surface area contributed by atoms with Crippen molar-refractivity contribution < 1.29 is 28.5 Å². The second-order valence-corrected chi connectivity index (χ2v) is 8.37. The molecule has 0 saturated heterocycles. The summed E-state index contributed by atoms with van der Waals surface area (Å²) in [6.07, 6.45) is 4.19. The van der Waals surface area contributed by atoms with Gasteiger partial charge in [-0.25, -0.2) is 0 Å². The van der Waals surface area contributed by atoms with Crippen LogP contribution in [-0.2, 0) is 16.1 Å². The standard InChI is InChI=1S/C26H34N2O6/c1-18(26(30)27-20-7-5-6-8-20)28(16-19-9-11-21(31-2)12-10-19)25(29)17-34-24-14-22(32-3)13-23(15-24)33-4/h9-15,18,20H,5-8,16-17H2,1-4H3,(H,27,30)/t18-/m1/s1. The molecule has 1 aliphatic rings. The van der Waals surface area contributed by atoms with Crippen molar-refractivity contribution in [3.8, 4) is 23.0 Å². The molecule has 1 saturated carbocycles. The summed E-state index contributed by atoms with van der Waals surface area (Å²) in [5.74, 6) is 1.83. The Kier molecular flexibility index (Phi) is 9.01. The molecular formula is C26H34N2O6. The summed E-state index contributed by atoms with van der Waals surface area (Å²) in [4.78, 5) is 27.8. The molecule has 1 N–H and O–H groups in total. The van der Waals surface area contributed by atoms with Crippen LogP contribution < -0.4 is 24.3 Å². The fourth-order valence-corrected chi connectivity index (χ4v) is 3.99. The number of carbonyl (C=O) groups is 2. The lowest BCUT2D eigenvalue weighted by molar-refractivity contribution is -0.142. The first-order valence-electron chi connectivity index (χ1n) is 11.5. The first kappa shape index (κ1) is 25.2. The number of carbonyl (C=O) groups excluding carboxylic acids is 2. The van der Waals surface area contributed by atoms with Gasteiger partial charge in [-0.3, -0.25) is 9.59 Å². The van der Waals surface area contributed by atoms with Crippen LogP contribution in [0.25, 0.3) is 0 Å². The molecule has 0 aliphatic heterocycles. The Bertz CT molecular complexity index is 934. The van der Waals surface area contributed by atoms with E-state index in [9.17, 15) is 9.59 Å². The second-order valence-electron chi connectivity index (χ2n) is 8.37. The lowest BCUT2D eigenvalue weighted by Crippen LogP contribution is -2.50. The lowest BCUT2D eigenvalue weighted by Gasteiger charge is -2.29. The smallest absolute Gasteiger partial charge is 0.261 e. The molecule has 1 aliphatic carbocycles. The average Bonchev–Trinajstić information content (AvgIpc) is 3.38. The van der Waals surface area contributed by atoms with E-state index in [-0.39, 0.29) is 31.0 Å². The number of hydrogen-bond acceptors (Lipinski definition) is 6. The predicted molar refractivity (Wildman–Crippen MR) is 128 cm³/mol. The first-order valence-corrected chi connectivity index (χ1v) is 11.5. The number of ether oxygens (including phenoxy) is 4. The van der Waals surface area contributed by atoms with E-state index in [2.05, 4.69) is 5.32 Å². The Labute approximate surface area is 201 Å². The van der Waals surface area contributed by atoms with E-state index in [1.165, 1.54) is 0 Å². The molecular weight excluding hydrogens is 436 g/mol. The highest BCUT2D eigenvalue weighted by molar-refractivity contribution is 5.88. The van der Waals surface area contributed by atoms with E-state index in [1.807, 2.05) is 24.3 Å². The SMILES string of the molecule is COc1ccc(CN(C(=O)COc2cc(OC)cc(OC)c2)[C@H](C)C(=O)NC2CCCC2)cc1. The summed E-state index contributed by atoms with van der Waals surface area (Å²) in [7, 11) is 4.70. The van der Waals surface area contributed by atoms with Crippen molar-refractivity contribution in [2.75, 3.05) is 27.9 Å². The number of nitrogens with one attached hydrogen (secondary N) is 1. The molecule has 1 atom stereocenters. The van der Waals surface area contributed by atoms with E-state index in [1.54, 1.807) is 51.4 Å². The second kappa shape index (κ2) is 12.2. The predicted octanol–water partition coefficient (Wildman–Crippen LogP) is 3.57. The third-order valence-electron chi connectivity index (χ3n) is 6.07. The van der Waals surface area contributed by atoms with Gasteiger partial charge in [-0.2, -0.15) is 0 Å². The summed E-state index contributed by atoms with van der Waals surface area (Å²) in [5, 5.41) is 3.10. The van der Waals surface area contributed by atoms with Crippen LogP contribution in [0.15, 0.2) is 42.5 Å². The minimum absolute atomic E-state index is 0.156. The van der Waals surface area contributed by atoms with Gasteiger partial charge in [0.1, 0.15) is 29.0 Å². The van der Waals surface area contributed by atoms with Crippen molar-refractivity contribution in [3.05, 3.63) is 48.0 Å². The Hall–Kier alpha value is -3.42. The van der Waals surface area contributed by atoms with Crippen LogP contribution in [0.5, 0.6) is 23.0 Å². The largest absolute Gasteiger partial charge is 0.497 e. The minimum atomic E-state index is -0.654. The van der Waals surface area contributed by atoms with Crippen molar-refractivity contribution in [1.29, 1.82) is 0 Å². The van der Waals surface area contributed by atoms with Crippen LogP contribution in [0.4, 0.5) is 0 Å². The lowest BCUT2D eigenvalue weighted by atomic mass is 10.1. The fourth-order valence-electron chi connectivity index (χ4n) is 3.99. The van der Waals surface area contributed by atoms with Gasteiger partial charge in [0.2, 0.25) is 5.91 Å². The summed E-state index contributed by atoms with van der Waals surface area (Å²) < 4.78 is 21.5. The van der Waals surface area contributed by atoms with E-state index < -0.39 is 6.04 Å². The third-order valence-corrected chi connectivity index (χ3v) is 6.07. The molecule has 8 heteroatoms. The molecule has 1 fully saturated rings. The van der Waals surface area contributed by atoms with Crippen LogP contribution in [0.2, 0.25) is 0 Å². The Morgan fingerprint density at radius 1 is 0.912 bits per heavy atom. The molecule has 3 rings (SSSR count). The van der Waals surface area contributed by atoms with Gasteiger partial charge in [0, 0.05) is 30.8 Å². The fraction of sp³-hybridized carbons (Fsp3) is 0.462. The molecule has 0 unspecified atom stereocenters. The monoisotopic (exact) mass is 470 g/mol. The number of rotatable bonds is 11. The van der Waals surface area contributed by atoms with Gasteiger partial charge in [-0.1, -0.05) is 25.0 Å². The highest BCUT2D eigenvalue weighted by atomic mass is 16.5. The van der Waals surface area contributed by atoms with Gasteiger partial charge in [0.05, 0.1) is 21.3 Å². The first-order chi connectivity index (χ1) is 16.4. The van der Waals surface area contributed by atoms with Gasteiger partial charge in [-0.15, -0.1) is 0 Å². The molecule has 184 valence electrons. The maximum atomic E-state index is 13.3. The summed E-state index contributed by atoms with van der Waals surface area (Å²) >= 11 is 0. The van der Waals surface area contributed by atoms with Crippen LogP contribution in [0, 0.1) is 0 Å². The van der Waals surface area contributed by atoms with Crippen molar-refractivity contribution in [2.24, 2.45) is 0 Å². The van der Waals surface area contributed by atoms with Crippen LogP contribution >= 0.6 is 0 Å². The van der Waals surface area contributed by atoms with E-state index in [4.69, 9.17) is 18.9 Å². The molecule has 34 heavy (non-hydrogen) atoms. The molecule has 2 aromatic rings. The minimum Gasteiger partial charge on any atom is -0.497 e. The highest BCUT2D eigenvalue weighted by Gasteiger charge is 2.28. The molecule has 2 amide bonds. The topological polar surface area (TPSA) is 86.3 Å². The van der Waals surface area contributed by atoms with Gasteiger partial charge in [0.25, 0.3) is 5.91 Å². The third kappa shape index (κ3) is 6.79. The van der Waals surface area contributed by atoms with E-state index in [0.717, 1.165) is 37.0 Å². The molecule has 2 aromatic carbocycles. The van der Waals surface area contributed by atoms with Gasteiger partial charge in [0.15, 0.2) is 6.61 Å². The number of nitrogens with zero attached hydrogens (tertiary/aromatic N) is 1. The Morgan fingerprint density at radius 3 is 2.03 bits per heavy atom. The molecule has 0 aromatic heterocycles. The van der Waals surface area contributed by atoms with Crippen LogP contribution in [0.3, 0.4) is 0 Å². The van der Waals surface area contributed by atoms with Crippen molar-refractivity contribution in [3.63, 3.8) is 0 Å². The normalized spacial score (nSPS) is 14.2. The highest BCUT2D eigenvalue weighted by Crippen LogP contribution is 2.27. The average molecular weight is 471 g/mol. The molecule has 0 spiro atoms. The van der Waals surface area contributed by atoms with Gasteiger partial charge in [-0.05, 0) is 37.5 Å².